The number of para-hydroxylation sites is 1. The van der Waals surface area contributed by atoms with Gasteiger partial charge < -0.3 is 10.1 Å². The molecule has 0 unspecified atom stereocenters. The van der Waals surface area contributed by atoms with E-state index in [0.29, 0.717) is 30.5 Å². The molecule has 1 N–H and O–H groups in total. The number of amides is 1. The Kier molecular flexibility index (Phi) is 5.29. The lowest BCUT2D eigenvalue weighted by Gasteiger charge is -2.05. The summed E-state index contributed by atoms with van der Waals surface area (Å²) in [6, 6.07) is 17.8. The van der Waals surface area contributed by atoms with Crippen LogP contribution in [-0.2, 0) is 4.79 Å². The Morgan fingerprint density at radius 1 is 1.08 bits per heavy atom. The van der Waals surface area contributed by atoms with Gasteiger partial charge in [-0.1, -0.05) is 56.3 Å². The highest BCUT2D eigenvalue weighted by molar-refractivity contribution is 6.14. The molecule has 0 aliphatic carbocycles. The van der Waals surface area contributed by atoms with Gasteiger partial charge in [0.05, 0.1) is 6.61 Å². The zero-order valence-electron chi connectivity index (χ0n) is 14.5. The topological polar surface area (TPSA) is 50.7 Å². The van der Waals surface area contributed by atoms with Gasteiger partial charge in [0.15, 0.2) is 0 Å². The van der Waals surface area contributed by atoms with Gasteiger partial charge in [0.1, 0.15) is 17.3 Å². The summed E-state index contributed by atoms with van der Waals surface area (Å²) in [6.45, 7) is 4.79. The molecular formula is C21H22N2O2. The standard InChI is InChI=1S/C21H22N2O2/c1-15(2)17-10-8-16(9-11-17)14-19-21(24)23-20(22-19)12-13-25-18-6-4-3-5-7-18/h3-11,14-15H,12-13H2,1-2H3,(H,22,23,24)/b19-14+. The Bertz CT molecular complexity index is 790. The second kappa shape index (κ2) is 7.79. The molecule has 0 fully saturated rings. The molecule has 4 heteroatoms. The predicted molar refractivity (Wildman–Crippen MR) is 101 cm³/mol. The number of amidine groups is 1. The molecule has 0 bridgehead atoms. The third-order valence-electron chi connectivity index (χ3n) is 4.00. The average molecular weight is 334 g/mol. The number of hydrogen-bond donors (Lipinski definition) is 1. The van der Waals surface area contributed by atoms with Crippen molar-refractivity contribution in [1.29, 1.82) is 0 Å². The van der Waals surface area contributed by atoms with Crippen LogP contribution in [0, 0.1) is 0 Å². The lowest BCUT2D eigenvalue weighted by atomic mass is 10.0. The second-order valence-electron chi connectivity index (χ2n) is 6.28. The molecule has 1 amide bonds. The van der Waals surface area contributed by atoms with Gasteiger partial charge in [-0.2, -0.15) is 0 Å². The zero-order valence-corrected chi connectivity index (χ0v) is 14.5. The normalized spacial score (nSPS) is 15.4. The highest BCUT2D eigenvalue weighted by atomic mass is 16.5. The van der Waals surface area contributed by atoms with Crippen molar-refractivity contribution in [3.05, 3.63) is 71.4 Å². The molecule has 0 atom stereocenters. The van der Waals surface area contributed by atoms with Crippen molar-refractivity contribution in [2.45, 2.75) is 26.2 Å². The lowest BCUT2D eigenvalue weighted by Crippen LogP contribution is -2.25. The van der Waals surface area contributed by atoms with Gasteiger partial charge in [0.25, 0.3) is 5.91 Å². The summed E-state index contributed by atoms with van der Waals surface area (Å²) in [5.74, 6) is 1.78. The van der Waals surface area contributed by atoms with E-state index >= 15 is 0 Å². The second-order valence-corrected chi connectivity index (χ2v) is 6.28. The fourth-order valence-electron chi connectivity index (χ4n) is 2.55. The maximum absolute atomic E-state index is 12.1. The molecule has 4 nitrogen and oxygen atoms in total. The number of nitrogens with one attached hydrogen (secondary N) is 1. The summed E-state index contributed by atoms with van der Waals surface area (Å²) < 4.78 is 5.64. The maximum Gasteiger partial charge on any atom is 0.275 e. The first kappa shape index (κ1) is 17.0. The van der Waals surface area contributed by atoms with Crippen LogP contribution >= 0.6 is 0 Å². The van der Waals surface area contributed by atoms with Crippen molar-refractivity contribution >= 4 is 17.8 Å². The molecule has 0 radical (unpaired) electrons. The van der Waals surface area contributed by atoms with Crippen LogP contribution in [0.2, 0.25) is 0 Å². The Balaban J connectivity index is 1.61. The van der Waals surface area contributed by atoms with E-state index in [1.54, 1.807) is 0 Å². The molecule has 3 rings (SSSR count). The molecule has 25 heavy (non-hydrogen) atoms. The van der Waals surface area contributed by atoms with Crippen molar-refractivity contribution in [3.63, 3.8) is 0 Å². The third kappa shape index (κ3) is 4.57. The number of hydrogen-bond acceptors (Lipinski definition) is 3. The van der Waals surface area contributed by atoms with Crippen molar-refractivity contribution in [1.82, 2.24) is 5.32 Å². The van der Waals surface area contributed by atoms with Gasteiger partial charge in [-0.3, -0.25) is 4.79 Å². The largest absolute Gasteiger partial charge is 0.493 e. The summed E-state index contributed by atoms with van der Waals surface area (Å²) in [5.41, 5.74) is 2.69. The summed E-state index contributed by atoms with van der Waals surface area (Å²) >= 11 is 0. The monoisotopic (exact) mass is 334 g/mol. The SMILES string of the molecule is CC(C)c1ccc(/C=C2/N=C(CCOc3ccccc3)NC2=O)cc1. The van der Waals surface area contributed by atoms with E-state index in [0.717, 1.165) is 11.3 Å². The van der Waals surface area contributed by atoms with Crippen LogP contribution < -0.4 is 10.1 Å². The van der Waals surface area contributed by atoms with Crippen molar-refractivity contribution in [2.24, 2.45) is 4.99 Å². The molecule has 0 spiro atoms. The number of aliphatic imine (C=N–C) groups is 1. The van der Waals surface area contributed by atoms with E-state index in [1.807, 2.05) is 48.5 Å². The van der Waals surface area contributed by atoms with Gasteiger partial charge in [0.2, 0.25) is 0 Å². The van der Waals surface area contributed by atoms with E-state index in [-0.39, 0.29) is 5.91 Å². The first-order chi connectivity index (χ1) is 12.1. The highest BCUT2D eigenvalue weighted by Crippen LogP contribution is 2.18. The molecule has 128 valence electrons. The number of carbonyl (C=O) groups excluding carboxylic acids is 1. The van der Waals surface area contributed by atoms with E-state index in [4.69, 9.17) is 4.74 Å². The summed E-state index contributed by atoms with van der Waals surface area (Å²) in [7, 11) is 0. The van der Waals surface area contributed by atoms with Crippen LogP contribution in [0.15, 0.2) is 65.3 Å². The fraction of sp³-hybridized carbons (Fsp3) is 0.238. The molecule has 1 aliphatic rings. The molecular weight excluding hydrogens is 312 g/mol. The molecule has 1 heterocycles. The van der Waals surface area contributed by atoms with Gasteiger partial charge in [-0.05, 0) is 35.3 Å². The number of nitrogens with zero attached hydrogens (tertiary/aromatic N) is 1. The first-order valence-electron chi connectivity index (χ1n) is 8.50. The Labute approximate surface area is 148 Å². The molecule has 2 aromatic rings. The Morgan fingerprint density at radius 3 is 2.48 bits per heavy atom. The minimum atomic E-state index is -0.164. The van der Waals surface area contributed by atoms with E-state index in [2.05, 4.69) is 36.3 Å². The van der Waals surface area contributed by atoms with Crippen LogP contribution in [0.4, 0.5) is 0 Å². The number of carbonyl (C=O) groups is 1. The van der Waals surface area contributed by atoms with Crippen LogP contribution in [-0.4, -0.2) is 18.3 Å². The number of ether oxygens (including phenoxy) is 1. The van der Waals surface area contributed by atoms with E-state index in [1.165, 1.54) is 5.56 Å². The summed E-state index contributed by atoms with van der Waals surface area (Å²) in [5, 5.41) is 2.80. The third-order valence-corrected chi connectivity index (χ3v) is 4.00. The average Bonchev–Trinajstić information content (AvgIpc) is 2.96. The van der Waals surface area contributed by atoms with Crippen molar-refractivity contribution in [2.75, 3.05) is 6.61 Å². The lowest BCUT2D eigenvalue weighted by molar-refractivity contribution is -0.115. The quantitative estimate of drug-likeness (QED) is 0.807. The van der Waals surface area contributed by atoms with Crippen LogP contribution in [0.1, 0.15) is 37.3 Å². The molecule has 0 saturated heterocycles. The van der Waals surface area contributed by atoms with Gasteiger partial charge >= 0.3 is 0 Å². The van der Waals surface area contributed by atoms with Gasteiger partial charge in [0, 0.05) is 6.42 Å². The number of rotatable bonds is 6. The van der Waals surface area contributed by atoms with Crippen LogP contribution in [0.25, 0.3) is 6.08 Å². The summed E-state index contributed by atoms with van der Waals surface area (Å²) in [4.78, 5) is 16.5. The summed E-state index contributed by atoms with van der Waals surface area (Å²) in [6.07, 6.45) is 2.37. The van der Waals surface area contributed by atoms with Gasteiger partial charge in [-0.25, -0.2) is 4.99 Å². The van der Waals surface area contributed by atoms with Crippen molar-refractivity contribution < 1.29 is 9.53 Å². The van der Waals surface area contributed by atoms with Gasteiger partial charge in [-0.15, -0.1) is 0 Å². The van der Waals surface area contributed by atoms with Crippen LogP contribution in [0.3, 0.4) is 0 Å². The zero-order chi connectivity index (χ0) is 17.6. The fourth-order valence-corrected chi connectivity index (χ4v) is 2.55. The first-order valence-corrected chi connectivity index (χ1v) is 8.50. The Morgan fingerprint density at radius 2 is 1.80 bits per heavy atom. The minimum Gasteiger partial charge on any atom is -0.493 e. The molecule has 0 aromatic heterocycles. The minimum absolute atomic E-state index is 0.164. The predicted octanol–water partition coefficient (Wildman–Crippen LogP) is 4.15. The molecule has 1 aliphatic heterocycles. The van der Waals surface area contributed by atoms with Crippen LogP contribution in [0.5, 0.6) is 5.75 Å². The van der Waals surface area contributed by atoms with Crippen molar-refractivity contribution in [3.8, 4) is 5.75 Å². The molecule has 2 aromatic carbocycles. The smallest absolute Gasteiger partial charge is 0.275 e. The molecule has 0 saturated carbocycles. The maximum atomic E-state index is 12.1. The van der Waals surface area contributed by atoms with E-state index < -0.39 is 0 Å². The van der Waals surface area contributed by atoms with E-state index in [9.17, 15) is 4.79 Å². The Hall–Kier alpha value is -2.88. The number of benzene rings is 2. The highest BCUT2D eigenvalue weighted by Gasteiger charge is 2.19.